The topological polar surface area (TPSA) is 84.5 Å². The van der Waals surface area contributed by atoms with Crippen LogP contribution in [0.25, 0.3) is 0 Å². The number of carbonyl (C=O) groups is 3. The summed E-state index contributed by atoms with van der Waals surface area (Å²) >= 11 is 1.52. The SMILES string of the molecule is CSc1ccccc1NC(=O)COC(=O)Cc1ccc(NC(C)=O)cc1. The molecule has 2 aromatic rings. The number of amides is 2. The smallest absolute Gasteiger partial charge is 0.310 e. The van der Waals surface area contributed by atoms with Crippen LogP contribution in [0.1, 0.15) is 12.5 Å². The standard InChI is InChI=1S/C19H20N2O4S/c1-13(22)20-15-9-7-14(8-10-15)11-19(24)25-12-18(23)21-16-5-3-4-6-17(16)26-2/h3-10H,11-12H2,1-2H3,(H,20,22)(H,21,23). The van der Waals surface area contributed by atoms with Crippen molar-refractivity contribution in [2.24, 2.45) is 0 Å². The van der Waals surface area contributed by atoms with E-state index in [1.165, 1.54) is 18.7 Å². The van der Waals surface area contributed by atoms with Crippen molar-refractivity contribution in [1.82, 2.24) is 0 Å². The van der Waals surface area contributed by atoms with Gasteiger partial charge in [-0.25, -0.2) is 0 Å². The van der Waals surface area contributed by atoms with E-state index in [1.807, 2.05) is 24.5 Å². The summed E-state index contributed by atoms with van der Waals surface area (Å²) in [4.78, 5) is 35.7. The summed E-state index contributed by atoms with van der Waals surface area (Å²) in [5, 5.41) is 5.38. The van der Waals surface area contributed by atoms with Gasteiger partial charge in [0.05, 0.1) is 12.1 Å². The van der Waals surface area contributed by atoms with Crippen molar-refractivity contribution in [1.29, 1.82) is 0 Å². The Hall–Kier alpha value is -2.80. The molecule has 2 rings (SSSR count). The van der Waals surface area contributed by atoms with Crippen molar-refractivity contribution in [3.8, 4) is 0 Å². The maximum absolute atomic E-state index is 11.9. The molecule has 6 nitrogen and oxygen atoms in total. The van der Waals surface area contributed by atoms with E-state index in [4.69, 9.17) is 4.74 Å². The summed E-state index contributed by atoms with van der Waals surface area (Å²) in [6.45, 7) is 1.08. The van der Waals surface area contributed by atoms with Gasteiger partial charge >= 0.3 is 5.97 Å². The van der Waals surface area contributed by atoms with E-state index < -0.39 is 5.97 Å². The van der Waals surface area contributed by atoms with Gasteiger partial charge in [-0.05, 0) is 36.1 Å². The van der Waals surface area contributed by atoms with E-state index in [0.29, 0.717) is 11.4 Å². The highest BCUT2D eigenvalue weighted by Crippen LogP contribution is 2.24. The van der Waals surface area contributed by atoms with Gasteiger partial charge in [0.15, 0.2) is 6.61 Å². The summed E-state index contributed by atoms with van der Waals surface area (Å²) in [6, 6.07) is 14.3. The molecule has 0 aliphatic heterocycles. The molecule has 0 unspecified atom stereocenters. The molecule has 2 aromatic carbocycles. The molecule has 136 valence electrons. The zero-order valence-corrected chi connectivity index (χ0v) is 15.4. The number of anilines is 2. The fraction of sp³-hybridized carbons (Fsp3) is 0.211. The van der Waals surface area contributed by atoms with Gasteiger partial charge in [-0.3, -0.25) is 14.4 Å². The maximum atomic E-state index is 11.9. The Morgan fingerprint density at radius 3 is 2.35 bits per heavy atom. The van der Waals surface area contributed by atoms with Crippen molar-refractivity contribution in [2.45, 2.75) is 18.2 Å². The number of esters is 1. The average Bonchev–Trinajstić information content (AvgIpc) is 2.62. The number of hydrogen-bond acceptors (Lipinski definition) is 5. The monoisotopic (exact) mass is 372 g/mol. The third-order valence-corrected chi connectivity index (χ3v) is 4.16. The Balaban J connectivity index is 1.81. The molecule has 0 saturated carbocycles. The van der Waals surface area contributed by atoms with Gasteiger partial charge in [-0.2, -0.15) is 0 Å². The molecule has 7 heteroatoms. The third kappa shape index (κ3) is 6.25. The minimum atomic E-state index is -0.495. The quantitative estimate of drug-likeness (QED) is 0.576. The Bertz CT molecular complexity index is 790. The fourth-order valence-corrected chi connectivity index (χ4v) is 2.76. The number of benzene rings is 2. The van der Waals surface area contributed by atoms with Crippen LogP contribution in [0.4, 0.5) is 11.4 Å². The first-order valence-electron chi connectivity index (χ1n) is 7.93. The average molecular weight is 372 g/mol. The van der Waals surface area contributed by atoms with Crippen LogP contribution in [0.5, 0.6) is 0 Å². The van der Waals surface area contributed by atoms with Crippen LogP contribution in [0, 0.1) is 0 Å². The van der Waals surface area contributed by atoms with Gasteiger partial charge in [-0.1, -0.05) is 24.3 Å². The van der Waals surface area contributed by atoms with Crippen molar-refractivity contribution >= 4 is 40.9 Å². The highest BCUT2D eigenvalue weighted by molar-refractivity contribution is 7.98. The molecule has 0 fully saturated rings. The second-order valence-electron chi connectivity index (χ2n) is 5.46. The molecule has 0 radical (unpaired) electrons. The van der Waals surface area contributed by atoms with E-state index in [2.05, 4.69) is 10.6 Å². The minimum absolute atomic E-state index is 0.0506. The molecule has 0 aromatic heterocycles. The normalized spacial score (nSPS) is 10.1. The van der Waals surface area contributed by atoms with E-state index in [-0.39, 0.29) is 24.8 Å². The number of para-hydroxylation sites is 1. The third-order valence-electron chi connectivity index (χ3n) is 3.37. The Morgan fingerprint density at radius 1 is 1.00 bits per heavy atom. The number of nitrogens with one attached hydrogen (secondary N) is 2. The zero-order chi connectivity index (χ0) is 18.9. The van der Waals surface area contributed by atoms with E-state index in [1.54, 1.807) is 30.3 Å². The number of ether oxygens (including phenoxy) is 1. The number of rotatable bonds is 7. The second kappa shape index (κ2) is 9.62. The van der Waals surface area contributed by atoms with Gasteiger partial charge in [0.1, 0.15) is 0 Å². The molecule has 0 bridgehead atoms. The Morgan fingerprint density at radius 2 is 1.69 bits per heavy atom. The summed E-state index contributed by atoms with van der Waals surface area (Å²) in [6.07, 6.45) is 1.97. The lowest BCUT2D eigenvalue weighted by molar-refractivity contribution is -0.146. The number of thioether (sulfide) groups is 1. The molecule has 0 atom stereocenters. The van der Waals surface area contributed by atoms with Gasteiger partial charge in [0.25, 0.3) is 5.91 Å². The number of carbonyl (C=O) groups excluding carboxylic acids is 3. The lowest BCUT2D eigenvalue weighted by Gasteiger charge is -2.10. The molecular weight excluding hydrogens is 352 g/mol. The van der Waals surface area contributed by atoms with Gasteiger partial charge in [-0.15, -0.1) is 11.8 Å². The van der Waals surface area contributed by atoms with Crippen molar-refractivity contribution in [3.63, 3.8) is 0 Å². The van der Waals surface area contributed by atoms with Gasteiger partial charge in [0, 0.05) is 17.5 Å². The van der Waals surface area contributed by atoms with Crippen LogP contribution in [-0.2, 0) is 25.5 Å². The summed E-state index contributed by atoms with van der Waals surface area (Å²) in [5.74, 6) is -1.04. The maximum Gasteiger partial charge on any atom is 0.310 e. The molecule has 0 heterocycles. The molecule has 0 spiro atoms. The van der Waals surface area contributed by atoms with Crippen molar-refractivity contribution < 1.29 is 19.1 Å². The zero-order valence-electron chi connectivity index (χ0n) is 14.6. The molecule has 2 N–H and O–H groups in total. The number of hydrogen-bond donors (Lipinski definition) is 2. The highest BCUT2D eigenvalue weighted by Gasteiger charge is 2.10. The summed E-state index contributed by atoms with van der Waals surface area (Å²) < 4.78 is 5.02. The van der Waals surface area contributed by atoms with E-state index >= 15 is 0 Å². The molecule has 26 heavy (non-hydrogen) atoms. The predicted molar refractivity (Wildman–Crippen MR) is 102 cm³/mol. The lowest BCUT2D eigenvalue weighted by atomic mass is 10.1. The Labute approximate surface area is 156 Å². The molecule has 0 aliphatic carbocycles. The minimum Gasteiger partial charge on any atom is -0.455 e. The van der Waals surface area contributed by atoms with Gasteiger partial charge < -0.3 is 15.4 Å². The van der Waals surface area contributed by atoms with Crippen LogP contribution < -0.4 is 10.6 Å². The molecule has 0 saturated heterocycles. The van der Waals surface area contributed by atoms with Crippen LogP contribution in [0.3, 0.4) is 0 Å². The Kier molecular flexibility index (Phi) is 7.23. The van der Waals surface area contributed by atoms with Gasteiger partial charge in [0.2, 0.25) is 5.91 Å². The van der Waals surface area contributed by atoms with Crippen molar-refractivity contribution in [2.75, 3.05) is 23.5 Å². The van der Waals surface area contributed by atoms with E-state index in [9.17, 15) is 14.4 Å². The molecule has 2 amide bonds. The van der Waals surface area contributed by atoms with E-state index in [0.717, 1.165) is 10.5 Å². The van der Waals surface area contributed by atoms with Crippen LogP contribution in [0.15, 0.2) is 53.4 Å². The molecule has 0 aliphatic rings. The first-order valence-corrected chi connectivity index (χ1v) is 9.15. The first-order chi connectivity index (χ1) is 12.5. The predicted octanol–water partition coefficient (Wildman–Crippen LogP) is 3.09. The van der Waals surface area contributed by atoms with Crippen molar-refractivity contribution in [3.05, 3.63) is 54.1 Å². The lowest BCUT2D eigenvalue weighted by Crippen LogP contribution is -2.21. The van der Waals surface area contributed by atoms with Crippen LogP contribution in [-0.4, -0.2) is 30.6 Å². The largest absolute Gasteiger partial charge is 0.455 e. The second-order valence-corrected chi connectivity index (χ2v) is 6.31. The summed E-state index contributed by atoms with van der Waals surface area (Å²) in [5.41, 5.74) is 2.08. The van der Waals surface area contributed by atoms with Crippen LogP contribution >= 0.6 is 11.8 Å². The first kappa shape index (κ1) is 19.5. The van der Waals surface area contributed by atoms with Crippen LogP contribution in [0.2, 0.25) is 0 Å². The summed E-state index contributed by atoms with van der Waals surface area (Å²) in [7, 11) is 0. The fourth-order valence-electron chi connectivity index (χ4n) is 2.21. The molecular formula is C19H20N2O4S. The highest BCUT2D eigenvalue weighted by atomic mass is 32.2.